The molecular formula is C11H19ClN2OS. The summed E-state index contributed by atoms with van der Waals surface area (Å²) in [6.45, 7) is 6.04. The predicted molar refractivity (Wildman–Crippen MR) is 71.0 cm³/mol. The van der Waals surface area contributed by atoms with E-state index in [0.717, 1.165) is 4.88 Å². The van der Waals surface area contributed by atoms with E-state index in [9.17, 15) is 4.79 Å². The molecule has 0 aliphatic carbocycles. The Morgan fingerprint density at radius 3 is 2.69 bits per heavy atom. The SMILES string of the molecule is CC(NC(=O)C(C)(C)CN)c1cccs1.Cl. The highest BCUT2D eigenvalue weighted by atomic mass is 35.5. The van der Waals surface area contributed by atoms with E-state index in [2.05, 4.69) is 5.32 Å². The third kappa shape index (κ3) is 3.77. The van der Waals surface area contributed by atoms with Gasteiger partial charge in [-0.3, -0.25) is 4.79 Å². The highest BCUT2D eigenvalue weighted by Crippen LogP contribution is 2.20. The standard InChI is InChI=1S/C11H18N2OS.ClH/c1-8(9-5-4-6-15-9)13-10(14)11(2,3)7-12;/h4-6,8H,7,12H2,1-3H3,(H,13,14);1H. The third-order valence-corrected chi connectivity index (χ3v) is 3.50. The number of halogens is 1. The van der Waals surface area contributed by atoms with Crippen LogP contribution in [0.15, 0.2) is 17.5 Å². The second-order valence-electron chi connectivity index (χ2n) is 4.30. The van der Waals surface area contributed by atoms with E-state index in [1.807, 2.05) is 38.3 Å². The summed E-state index contributed by atoms with van der Waals surface area (Å²) < 4.78 is 0. The van der Waals surface area contributed by atoms with Crippen molar-refractivity contribution >= 4 is 29.7 Å². The molecule has 1 aromatic rings. The number of nitrogens with two attached hydrogens (primary N) is 1. The molecule has 0 fully saturated rings. The zero-order chi connectivity index (χ0) is 11.5. The molecule has 1 amide bonds. The van der Waals surface area contributed by atoms with Crippen molar-refractivity contribution in [3.63, 3.8) is 0 Å². The van der Waals surface area contributed by atoms with E-state index in [1.165, 1.54) is 0 Å². The van der Waals surface area contributed by atoms with Crippen LogP contribution in [-0.4, -0.2) is 12.5 Å². The average Bonchev–Trinajstić information content (AvgIpc) is 2.70. The maximum atomic E-state index is 11.8. The molecule has 1 heterocycles. The largest absolute Gasteiger partial charge is 0.348 e. The fraction of sp³-hybridized carbons (Fsp3) is 0.545. The van der Waals surface area contributed by atoms with Gasteiger partial charge in [-0.15, -0.1) is 23.7 Å². The number of rotatable bonds is 4. The Morgan fingerprint density at radius 1 is 1.62 bits per heavy atom. The van der Waals surface area contributed by atoms with Gasteiger partial charge in [-0.2, -0.15) is 0 Å². The van der Waals surface area contributed by atoms with Crippen LogP contribution in [-0.2, 0) is 4.79 Å². The van der Waals surface area contributed by atoms with Crippen molar-refractivity contribution in [3.05, 3.63) is 22.4 Å². The molecule has 0 aromatic carbocycles. The van der Waals surface area contributed by atoms with Gasteiger partial charge in [0.15, 0.2) is 0 Å². The first-order valence-corrected chi connectivity index (χ1v) is 5.90. The van der Waals surface area contributed by atoms with Crippen molar-refractivity contribution in [3.8, 4) is 0 Å². The zero-order valence-electron chi connectivity index (χ0n) is 9.82. The summed E-state index contributed by atoms with van der Waals surface area (Å²) >= 11 is 1.65. The molecule has 0 aliphatic rings. The van der Waals surface area contributed by atoms with Gasteiger partial charge in [0.25, 0.3) is 0 Å². The second kappa shape index (κ2) is 6.23. The van der Waals surface area contributed by atoms with Crippen LogP contribution in [0.2, 0.25) is 0 Å². The lowest BCUT2D eigenvalue weighted by atomic mass is 9.92. The van der Waals surface area contributed by atoms with Crippen molar-refractivity contribution in [2.45, 2.75) is 26.8 Å². The number of carbonyl (C=O) groups is 1. The van der Waals surface area contributed by atoms with Crippen molar-refractivity contribution < 1.29 is 4.79 Å². The maximum absolute atomic E-state index is 11.8. The van der Waals surface area contributed by atoms with Gasteiger partial charge in [-0.1, -0.05) is 6.07 Å². The van der Waals surface area contributed by atoms with Crippen molar-refractivity contribution in [1.82, 2.24) is 5.32 Å². The molecule has 16 heavy (non-hydrogen) atoms. The molecule has 5 heteroatoms. The zero-order valence-corrected chi connectivity index (χ0v) is 11.5. The highest BCUT2D eigenvalue weighted by molar-refractivity contribution is 7.10. The number of hydrogen-bond acceptors (Lipinski definition) is 3. The summed E-state index contributed by atoms with van der Waals surface area (Å²) in [5, 5.41) is 4.97. The molecule has 0 bridgehead atoms. The Morgan fingerprint density at radius 2 is 2.25 bits per heavy atom. The van der Waals surface area contributed by atoms with Crippen LogP contribution in [0.3, 0.4) is 0 Å². The van der Waals surface area contributed by atoms with E-state index in [0.29, 0.717) is 6.54 Å². The van der Waals surface area contributed by atoms with Crippen LogP contribution in [0.4, 0.5) is 0 Å². The van der Waals surface area contributed by atoms with Gasteiger partial charge in [0, 0.05) is 11.4 Å². The molecule has 3 nitrogen and oxygen atoms in total. The van der Waals surface area contributed by atoms with Crippen LogP contribution in [0.25, 0.3) is 0 Å². The summed E-state index contributed by atoms with van der Waals surface area (Å²) in [5.41, 5.74) is 5.05. The Labute approximate surface area is 107 Å². The van der Waals surface area contributed by atoms with Crippen LogP contribution in [0.5, 0.6) is 0 Å². The first-order valence-electron chi connectivity index (χ1n) is 5.02. The smallest absolute Gasteiger partial charge is 0.227 e. The summed E-state index contributed by atoms with van der Waals surface area (Å²) in [6.07, 6.45) is 0. The summed E-state index contributed by atoms with van der Waals surface area (Å²) in [5.74, 6) is 0.00546. The molecule has 0 aliphatic heterocycles. The fourth-order valence-electron chi connectivity index (χ4n) is 1.09. The number of amides is 1. The van der Waals surface area contributed by atoms with E-state index < -0.39 is 5.41 Å². The molecule has 1 aromatic heterocycles. The fourth-order valence-corrected chi connectivity index (χ4v) is 1.83. The minimum Gasteiger partial charge on any atom is -0.348 e. The third-order valence-electron chi connectivity index (χ3n) is 2.44. The van der Waals surface area contributed by atoms with Gasteiger partial charge in [-0.25, -0.2) is 0 Å². The topological polar surface area (TPSA) is 55.1 Å². The average molecular weight is 263 g/mol. The Bertz CT molecular complexity index is 325. The maximum Gasteiger partial charge on any atom is 0.227 e. The van der Waals surface area contributed by atoms with E-state index in [1.54, 1.807) is 11.3 Å². The van der Waals surface area contributed by atoms with E-state index in [4.69, 9.17) is 5.73 Å². The monoisotopic (exact) mass is 262 g/mol. The van der Waals surface area contributed by atoms with Gasteiger partial charge in [-0.05, 0) is 32.2 Å². The first-order chi connectivity index (χ1) is 6.97. The van der Waals surface area contributed by atoms with Crippen LogP contribution in [0.1, 0.15) is 31.7 Å². The van der Waals surface area contributed by atoms with Gasteiger partial charge >= 0.3 is 0 Å². The first kappa shape index (κ1) is 15.4. The lowest BCUT2D eigenvalue weighted by Gasteiger charge is -2.23. The molecule has 0 radical (unpaired) electrons. The molecule has 0 saturated heterocycles. The normalized spacial score (nSPS) is 12.8. The molecule has 3 N–H and O–H groups in total. The number of thiophene rings is 1. The van der Waals surface area contributed by atoms with Gasteiger partial charge in [0.05, 0.1) is 11.5 Å². The number of nitrogens with one attached hydrogen (secondary N) is 1. The van der Waals surface area contributed by atoms with Gasteiger partial charge in [0.1, 0.15) is 0 Å². The second-order valence-corrected chi connectivity index (χ2v) is 5.28. The summed E-state index contributed by atoms with van der Waals surface area (Å²) in [7, 11) is 0. The van der Waals surface area contributed by atoms with Crippen molar-refractivity contribution in [1.29, 1.82) is 0 Å². The number of hydrogen-bond donors (Lipinski definition) is 2. The molecule has 0 spiro atoms. The van der Waals surface area contributed by atoms with Crippen molar-refractivity contribution in [2.75, 3.05) is 6.54 Å². The van der Waals surface area contributed by atoms with Crippen LogP contribution in [0, 0.1) is 5.41 Å². The predicted octanol–water partition coefficient (Wildman–Crippen LogP) is 2.33. The summed E-state index contributed by atoms with van der Waals surface area (Å²) in [4.78, 5) is 13.0. The van der Waals surface area contributed by atoms with Crippen molar-refractivity contribution in [2.24, 2.45) is 11.1 Å². The molecule has 1 rings (SSSR count). The Balaban J connectivity index is 0.00000225. The van der Waals surface area contributed by atoms with E-state index in [-0.39, 0.29) is 24.4 Å². The minimum absolute atomic E-state index is 0. The van der Waals surface area contributed by atoms with Crippen LogP contribution < -0.4 is 11.1 Å². The molecule has 1 atom stereocenters. The van der Waals surface area contributed by atoms with Gasteiger partial charge in [0.2, 0.25) is 5.91 Å². The number of carbonyl (C=O) groups excluding carboxylic acids is 1. The van der Waals surface area contributed by atoms with Gasteiger partial charge < -0.3 is 11.1 Å². The molecule has 0 saturated carbocycles. The lowest BCUT2D eigenvalue weighted by molar-refractivity contribution is -0.129. The molecule has 1 unspecified atom stereocenters. The molecular weight excluding hydrogens is 244 g/mol. The summed E-state index contributed by atoms with van der Waals surface area (Å²) in [6, 6.07) is 4.06. The lowest BCUT2D eigenvalue weighted by Crippen LogP contribution is -2.42. The highest BCUT2D eigenvalue weighted by Gasteiger charge is 2.27. The Kier molecular flexibility index (Phi) is 6.00. The Hall–Kier alpha value is -0.580. The van der Waals surface area contributed by atoms with E-state index >= 15 is 0 Å². The van der Waals surface area contributed by atoms with Crippen LogP contribution >= 0.6 is 23.7 Å². The quantitative estimate of drug-likeness (QED) is 0.875. The minimum atomic E-state index is -0.495. The molecule has 92 valence electrons.